The summed E-state index contributed by atoms with van der Waals surface area (Å²) in [6, 6.07) is 8.40. The molecule has 0 aliphatic heterocycles. The van der Waals surface area contributed by atoms with E-state index in [1.807, 2.05) is 31.3 Å². The number of methoxy groups -OCH3 is 1. The summed E-state index contributed by atoms with van der Waals surface area (Å²) in [4.78, 5) is 4.37. The first kappa shape index (κ1) is 20.0. The van der Waals surface area contributed by atoms with Crippen LogP contribution >= 0.6 is 0 Å². The van der Waals surface area contributed by atoms with Gasteiger partial charge in [-0.1, -0.05) is 24.6 Å². The van der Waals surface area contributed by atoms with Gasteiger partial charge in [0.2, 0.25) is 0 Å². The van der Waals surface area contributed by atoms with E-state index in [2.05, 4.69) is 22.5 Å². The molecule has 1 spiro atoms. The molecule has 2 aliphatic rings. The minimum absolute atomic E-state index is 0.327. The summed E-state index contributed by atoms with van der Waals surface area (Å²) in [5, 5.41) is 6.95. The second-order valence-corrected chi connectivity index (χ2v) is 7.33. The number of rotatable bonds is 9. The number of guanidine groups is 1. The Morgan fingerprint density at radius 3 is 2.78 bits per heavy atom. The van der Waals surface area contributed by atoms with Gasteiger partial charge in [0.1, 0.15) is 5.75 Å². The fourth-order valence-electron chi connectivity index (χ4n) is 4.25. The number of benzene rings is 1. The van der Waals surface area contributed by atoms with Gasteiger partial charge in [-0.2, -0.15) is 0 Å². The predicted octanol–water partition coefficient (Wildman–Crippen LogP) is 2.72. The van der Waals surface area contributed by atoms with Crippen molar-refractivity contribution in [3.8, 4) is 5.75 Å². The Morgan fingerprint density at radius 1 is 1.30 bits per heavy atom. The van der Waals surface area contributed by atoms with Crippen LogP contribution in [-0.2, 0) is 16.1 Å². The van der Waals surface area contributed by atoms with Crippen molar-refractivity contribution in [2.45, 2.75) is 51.4 Å². The Labute approximate surface area is 162 Å². The van der Waals surface area contributed by atoms with Crippen LogP contribution in [0.25, 0.3) is 0 Å². The van der Waals surface area contributed by atoms with E-state index < -0.39 is 0 Å². The van der Waals surface area contributed by atoms with Crippen molar-refractivity contribution < 1.29 is 14.2 Å². The van der Waals surface area contributed by atoms with E-state index in [0.717, 1.165) is 30.3 Å². The molecule has 1 aromatic carbocycles. The SMILES string of the molecule is CCOC1CC(NC(=NC)NCCOCc2ccccc2OC)C12CCC2. The largest absolute Gasteiger partial charge is 0.496 e. The van der Waals surface area contributed by atoms with Gasteiger partial charge >= 0.3 is 0 Å². The molecule has 150 valence electrons. The average Bonchev–Trinajstić information content (AvgIpc) is 2.64. The van der Waals surface area contributed by atoms with Crippen molar-refractivity contribution in [3.63, 3.8) is 0 Å². The highest BCUT2D eigenvalue weighted by molar-refractivity contribution is 5.80. The molecule has 6 heteroatoms. The minimum atomic E-state index is 0.327. The average molecular weight is 376 g/mol. The molecule has 2 unspecified atom stereocenters. The molecule has 0 amide bonds. The highest BCUT2D eigenvalue weighted by atomic mass is 16.5. The van der Waals surface area contributed by atoms with Crippen LogP contribution in [0.1, 0.15) is 38.2 Å². The van der Waals surface area contributed by atoms with Gasteiger partial charge in [0.05, 0.1) is 26.4 Å². The van der Waals surface area contributed by atoms with Crippen molar-refractivity contribution in [2.24, 2.45) is 10.4 Å². The van der Waals surface area contributed by atoms with Crippen LogP contribution in [0.15, 0.2) is 29.3 Å². The van der Waals surface area contributed by atoms with E-state index in [4.69, 9.17) is 14.2 Å². The fourth-order valence-corrected chi connectivity index (χ4v) is 4.25. The molecule has 3 rings (SSSR count). The third-order valence-electron chi connectivity index (χ3n) is 5.96. The molecule has 2 saturated carbocycles. The summed E-state index contributed by atoms with van der Waals surface area (Å²) in [6.45, 7) is 4.74. The first-order valence-corrected chi connectivity index (χ1v) is 10.0. The quantitative estimate of drug-likeness (QED) is 0.395. The molecule has 6 nitrogen and oxygen atoms in total. The second kappa shape index (κ2) is 9.42. The lowest BCUT2D eigenvalue weighted by molar-refractivity contribution is -0.168. The summed E-state index contributed by atoms with van der Waals surface area (Å²) < 4.78 is 17.1. The Bertz CT molecular complexity index is 631. The molecular formula is C21H33N3O3. The zero-order valence-electron chi connectivity index (χ0n) is 16.8. The van der Waals surface area contributed by atoms with E-state index in [9.17, 15) is 0 Å². The summed E-state index contributed by atoms with van der Waals surface area (Å²) in [6.07, 6.45) is 5.31. The first-order valence-electron chi connectivity index (χ1n) is 10.0. The molecular weight excluding hydrogens is 342 g/mol. The summed E-state index contributed by atoms with van der Waals surface area (Å²) in [7, 11) is 3.50. The lowest BCUT2D eigenvalue weighted by Crippen LogP contribution is -2.68. The van der Waals surface area contributed by atoms with Crippen LogP contribution in [0, 0.1) is 5.41 Å². The summed E-state index contributed by atoms with van der Waals surface area (Å²) >= 11 is 0. The van der Waals surface area contributed by atoms with Gasteiger partial charge < -0.3 is 24.8 Å². The Kier molecular flexibility index (Phi) is 6.96. The van der Waals surface area contributed by atoms with E-state index in [-0.39, 0.29) is 0 Å². The molecule has 2 fully saturated rings. The number of nitrogens with one attached hydrogen (secondary N) is 2. The van der Waals surface area contributed by atoms with Gasteiger partial charge in [-0.15, -0.1) is 0 Å². The van der Waals surface area contributed by atoms with Crippen molar-refractivity contribution in [1.82, 2.24) is 10.6 Å². The number of para-hydroxylation sites is 1. The van der Waals surface area contributed by atoms with Crippen LogP contribution in [0.4, 0.5) is 0 Å². The number of aliphatic imine (C=N–C) groups is 1. The monoisotopic (exact) mass is 375 g/mol. The zero-order valence-corrected chi connectivity index (χ0v) is 16.8. The summed E-state index contributed by atoms with van der Waals surface area (Å²) in [5.74, 6) is 1.71. The third kappa shape index (κ3) is 4.38. The Hall–Kier alpha value is -1.79. The molecule has 27 heavy (non-hydrogen) atoms. The number of nitrogens with zero attached hydrogens (tertiary/aromatic N) is 1. The molecule has 1 aromatic rings. The number of hydrogen-bond donors (Lipinski definition) is 2. The maximum absolute atomic E-state index is 5.92. The van der Waals surface area contributed by atoms with E-state index in [1.54, 1.807) is 7.11 Å². The maximum atomic E-state index is 5.92. The van der Waals surface area contributed by atoms with Gasteiger partial charge in [0.25, 0.3) is 0 Å². The fraction of sp³-hybridized carbons (Fsp3) is 0.667. The van der Waals surface area contributed by atoms with Gasteiger partial charge in [-0.3, -0.25) is 4.99 Å². The van der Waals surface area contributed by atoms with Crippen molar-refractivity contribution in [1.29, 1.82) is 0 Å². The molecule has 2 aliphatic carbocycles. The third-order valence-corrected chi connectivity index (χ3v) is 5.96. The van der Waals surface area contributed by atoms with Crippen LogP contribution in [0.2, 0.25) is 0 Å². The van der Waals surface area contributed by atoms with E-state index in [1.165, 1.54) is 19.3 Å². The molecule has 0 aromatic heterocycles. The van der Waals surface area contributed by atoms with E-state index in [0.29, 0.717) is 37.3 Å². The minimum Gasteiger partial charge on any atom is -0.496 e. The molecule has 0 bridgehead atoms. The molecule has 2 N–H and O–H groups in total. The molecule has 0 heterocycles. The Morgan fingerprint density at radius 2 is 2.11 bits per heavy atom. The van der Waals surface area contributed by atoms with E-state index >= 15 is 0 Å². The Balaban J connectivity index is 1.38. The zero-order chi connectivity index (χ0) is 19.1. The maximum Gasteiger partial charge on any atom is 0.191 e. The van der Waals surface area contributed by atoms with Gasteiger partial charge in [0.15, 0.2) is 5.96 Å². The van der Waals surface area contributed by atoms with Crippen molar-refractivity contribution in [3.05, 3.63) is 29.8 Å². The van der Waals surface area contributed by atoms with Crippen LogP contribution in [-0.4, -0.2) is 52.0 Å². The van der Waals surface area contributed by atoms with Crippen molar-refractivity contribution >= 4 is 5.96 Å². The molecule has 0 saturated heterocycles. The first-order chi connectivity index (χ1) is 13.2. The van der Waals surface area contributed by atoms with Crippen LogP contribution in [0.3, 0.4) is 0 Å². The number of hydrogen-bond acceptors (Lipinski definition) is 4. The van der Waals surface area contributed by atoms with Crippen LogP contribution in [0.5, 0.6) is 5.75 Å². The predicted molar refractivity (Wildman–Crippen MR) is 107 cm³/mol. The standard InChI is InChI=1S/C21H33N3O3/c1-4-27-19-14-18(21(19)10-7-11-21)24-20(22-2)23-12-13-26-15-16-8-5-6-9-17(16)25-3/h5-6,8-9,18-19H,4,7,10-15H2,1-3H3,(H2,22,23,24). The van der Waals surface area contributed by atoms with Gasteiger partial charge in [0, 0.05) is 37.2 Å². The van der Waals surface area contributed by atoms with Crippen LogP contribution < -0.4 is 15.4 Å². The topological polar surface area (TPSA) is 64.1 Å². The second-order valence-electron chi connectivity index (χ2n) is 7.33. The highest BCUT2D eigenvalue weighted by Crippen LogP contribution is 2.57. The molecule has 0 radical (unpaired) electrons. The van der Waals surface area contributed by atoms with Crippen molar-refractivity contribution in [2.75, 3.05) is 33.9 Å². The lowest BCUT2D eigenvalue weighted by Gasteiger charge is -2.61. The lowest BCUT2D eigenvalue weighted by atomic mass is 9.51. The number of ether oxygens (including phenoxy) is 3. The summed E-state index contributed by atoms with van der Waals surface area (Å²) in [5.41, 5.74) is 1.39. The smallest absolute Gasteiger partial charge is 0.191 e. The highest BCUT2D eigenvalue weighted by Gasteiger charge is 2.59. The molecule has 2 atom stereocenters. The van der Waals surface area contributed by atoms with Gasteiger partial charge in [-0.05, 0) is 32.3 Å². The van der Waals surface area contributed by atoms with Gasteiger partial charge in [-0.25, -0.2) is 0 Å². The normalized spacial score (nSPS) is 23.4.